The average molecular weight is 557 g/mol. The van der Waals surface area contributed by atoms with Crippen LogP contribution in [0.25, 0.3) is 66.1 Å². The Balaban J connectivity index is 0.00000155. The molecule has 0 saturated carbocycles. The quantitative estimate of drug-likeness (QED) is 0.226. The lowest BCUT2D eigenvalue weighted by molar-refractivity contribution is 0.0753. The summed E-state index contributed by atoms with van der Waals surface area (Å²) < 4.78 is 12.4. The molecule has 0 aliphatic rings. The van der Waals surface area contributed by atoms with Crippen LogP contribution in [0.3, 0.4) is 0 Å². The third-order valence-electron chi connectivity index (χ3n) is 7.86. The lowest BCUT2D eigenvalue weighted by Crippen LogP contribution is -2.21. The topological polar surface area (TPSA) is 66.7 Å². The molecule has 0 atom stereocenters. The predicted octanol–water partition coefficient (Wildman–Crippen LogP) is 10.3. The maximum absolute atomic E-state index is 11.6. The van der Waals surface area contributed by atoms with Crippen molar-refractivity contribution in [1.29, 1.82) is 0 Å². The van der Waals surface area contributed by atoms with E-state index in [0.717, 1.165) is 77.3 Å². The van der Waals surface area contributed by atoms with E-state index in [-0.39, 0.29) is 0 Å². The van der Waals surface area contributed by atoms with Crippen molar-refractivity contribution in [3.8, 4) is 22.3 Å². The molecule has 42 heavy (non-hydrogen) atoms. The highest BCUT2D eigenvalue weighted by atomic mass is 16.3. The number of fused-ring (bicyclic) bond motifs is 6. The van der Waals surface area contributed by atoms with Crippen molar-refractivity contribution < 1.29 is 19.0 Å². The maximum Gasteiger partial charge on any atom is 0.136 e. The molecule has 0 amide bonds. The molecule has 2 N–H and O–H groups in total. The molecule has 2 aromatic heterocycles. The number of para-hydroxylation sites is 2. The van der Waals surface area contributed by atoms with Gasteiger partial charge in [-0.05, 0) is 97.5 Å². The highest BCUT2D eigenvalue weighted by Crippen LogP contribution is 2.46. The molecule has 7 rings (SSSR count). The van der Waals surface area contributed by atoms with Gasteiger partial charge >= 0.3 is 0 Å². The van der Waals surface area contributed by atoms with Crippen LogP contribution in [-0.4, -0.2) is 10.2 Å². The van der Waals surface area contributed by atoms with Gasteiger partial charge in [0.2, 0.25) is 0 Å². The summed E-state index contributed by atoms with van der Waals surface area (Å²) in [7, 11) is 0. The van der Waals surface area contributed by atoms with Crippen molar-refractivity contribution in [3.63, 3.8) is 0 Å². The Morgan fingerprint density at radius 3 is 1.19 bits per heavy atom. The van der Waals surface area contributed by atoms with Gasteiger partial charge in [-0.15, -0.1) is 0 Å². The van der Waals surface area contributed by atoms with E-state index in [1.165, 1.54) is 0 Å². The molecular formula is C38H36O4. The van der Waals surface area contributed by atoms with E-state index in [1.54, 1.807) is 27.7 Å². The monoisotopic (exact) mass is 556 g/mol. The SMILES string of the molecule is CC.CC(C)(O)c1cc(-c2cccc3oc4ccccc4c23)c(C(C)(C)O)cc1-c1cccc2oc3ccccc3c12. The minimum atomic E-state index is -1.17. The van der Waals surface area contributed by atoms with E-state index < -0.39 is 11.2 Å². The Morgan fingerprint density at radius 1 is 0.452 bits per heavy atom. The maximum atomic E-state index is 11.6. The fraction of sp³-hybridized carbons (Fsp3) is 0.211. The van der Waals surface area contributed by atoms with E-state index in [0.29, 0.717) is 0 Å². The molecule has 0 spiro atoms. The van der Waals surface area contributed by atoms with Gasteiger partial charge in [-0.3, -0.25) is 0 Å². The summed E-state index contributed by atoms with van der Waals surface area (Å²) in [6.07, 6.45) is 0. The minimum absolute atomic E-state index is 0.762. The largest absolute Gasteiger partial charge is 0.456 e. The van der Waals surface area contributed by atoms with Crippen molar-refractivity contribution in [3.05, 3.63) is 108 Å². The zero-order chi connectivity index (χ0) is 29.8. The molecule has 0 fully saturated rings. The van der Waals surface area contributed by atoms with Gasteiger partial charge in [0.25, 0.3) is 0 Å². The molecule has 4 nitrogen and oxygen atoms in total. The molecule has 7 aromatic rings. The van der Waals surface area contributed by atoms with Gasteiger partial charge in [0.1, 0.15) is 22.3 Å². The van der Waals surface area contributed by atoms with Gasteiger partial charge in [0, 0.05) is 21.5 Å². The minimum Gasteiger partial charge on any atom is -0.456 e. The summed E-state index contributed by atoms with van der Waals surface area (Å²) in [6.45, 7) is 11.2. The number of furan rings is 2. The van der Waals surface area contributed by atoms with Gasteiger partial charge in [0.15, 0.2) is 0 Å². The second kappa shape index (κ2) is 10.2. The van der Waals surface area contributed by atoms with Crippen molar-refractivity contribution in [2.75, 3.05) is 0 Å². The van der Waals surface area contributed by atoms with Crippen LogP contribution in [0, 0.1) is 0 Å². The first-order chi connectivity index (χ1) is 20.1. The Bertz CT molecular complexity index is 1930. The van der Waals surface area contributed by atoms with Gasteiger partial charge in [-0.25, -0.2) is 0 Å². The first kappa shape index (κ1) is 27.8. The Morgan fingerprint density at radius 2 is 0.810 bits per heavy atom. The number of benzene rings is 5. The van der Waals surface area contributed by atoms with E-state index in [2.05, 4.69) is 24.3 Å². The van der Waals surface area contributed by atoms with E-state index in [1.807, 2.05) is 86.6 Å². The lowest BCUT2D eigenvalue weighted by Gasteiger charge is -2.29. The third-order valence-corrected chi connectivity index (χ3v) is 7.86. The average Bonchev–Trinajstić information content (AvgIpc) is 3.55. The fourth-order valence-corrected chi connectivity index (χ4v) is 6.06. The third kappa shape index (κ3) is 4.48. The van der Waals surface area contributed by atoms with Crippen LogP contribution < -0.4 is 0 Å². The number of hydrogen-bond acceptors (Lipinski definition) is 4. The predicted molar refractivity (Wildman–Crippen MR) is 174 cm³/mol. The highest BCUT2D eigenvalue weighted by molar-refractivity contribution is 6.14. The van der Waals surface area contributed by atoms with E-state index >= 15 is 0 Å². The van der Waals surface area contributed by atoms with Crippen LogP contribution in [0.2, 0.25) is 0 Å². The summed E-state index contributed by atoms with van der Waals surface area (Å²) in [5.74, 6) is 0. The van der Waals surface area contributed by atoms with Gasteiger partial charge in [0.05, 0.1) is 11.2 Å². The Labute approximate surface area is 245 Å². The molecule has 0 radical (unpaired) electrons. The van der Waals surface area contributed by atoms with Crippen LogP contribution in [0.5, 0.6) is 0 Å². The molecule has 0 aliphatic heterocycles. The summed E-state index contributed by atoms with van der Waals surface area (Å²) in [6, 6.07) is 32.1. The zero-order valence-electron chi connectivity index (χ0n) is 24.9. The summed E-state index contributed by atoms with van der Waals surface area (Å²) in [5, 5.41) is 27.1. The lowest BCUT2D eigenvalue weighted by atomic mass is 9.79. The van der Waals surface area contributed by atoms with Crippen molar-refractivity contribution in [2.45, 2.75) is 52.7 Å². The first-order valence-corrected chi connectivity index (χ1v) is 14.6. The molecule has 212 valence electrons. The molecule has 4 heteroatoms. The summed E-state index contributed by atoms with van der Waals surface area (Å²) in [4.78, 5) is 0. The van der Waals surface area contributed by atoms with Crippen LogP contribution in [0.4, 0.5) is 0 Å². The smallest absolute Gasteiger partial charge is 0.136 e. The molecule has 0 saturated heterocycles. The van der Waals surface area contributed by atoms with E-state index in [9.17, 15) is 10.2 Å². The van der Waals surface area contributed by atoms with Gasteiger partial charge < -0.3 is 19.0 Å². The van der Waals surface area contributed by atoms with E-state index in [4.69, 9.17) is 8.83 Å². The molecule has 2 heterocycles. The van der Waals surface area contributed by atoms with Crippen LogP contribution in [0.15, 0.2) is 106 Å². The summed E-state index contributed by atoms with van der Waals surface area (Å²) in [5.41, 5.74) is 5.98. The standard InChI is InChI=1S/C36H30O4.C2H6/c1-35(2,37)27-19-26(22-14-10-18-32-34(22)24-12-6-8-16-30(24)40-32)28(36(3,4)38)20-25(27)21-13-9-17-31-33(21)23-11-5-7-15-29(23)39-31;1-2/h5-20,37-38H,1-4H3;1-2H3. The van der Waals surface area contributed by atoms with Crippen molar-refractivity contribution >= 4 is 43.9 Å². The fourth-order valence-electron chi connectivity index (χ4n) is 6.06. The van der Waals surface area contributed by atoms with Crippen LogP contribution >= 0.6 is 0 Å². The van der Waals surface area contributed by atoms with Crippen molar-refractivity contribution in [2.24, 2.45) is 0 Å². The normalized spacial score (nSPS) is 12.3. The molecule has 0 aliphatic carbocycles. The van der Waals surface area contributed by atoms with Gasteiger partial charge in [-0.1, -0.05) is 74.5 Å². The van der Waals surface area contributed by atoms with Gasteiger partial charge in [-0.2, -0.15) is 0 Å². The first-order valence-electron chi connectivity index (χ1n) is 14.6. The highest BCUT2D eigenvalue weighted by Gasteiger charge is 2.30. The zero-order valence-corrected chi connectivity index (χ0v) is 24.9. The van der Waals surface area contributed by atoms with Crippen LogP contribution in [0.1, 0.15) is 52.7 Å². The number of hydrogen-bond donors (Lipinski definition) is 2. The van der Waals surface area contributed by atoms with Crippen LogP contribution in [-0.2, 0) is 11.2 Å². The molecule has 5 aromatic carbocycles. The molecule has 0 unspecified atom stereocenters. The second-order valence-electron chi connectivity index (χ2n) is 11.6. The molecule has 0 bridgehead atoms. The van der Waals surface area contributed by atoms with Crippen molar-refractivity contribution in [1.82, 2.24) is 0 Å². The second-order valence-corrected chi connectivity index (χ2v) is 11.6. The number of aliphatic hydroxyl groups is 2. The molecular weight excluding hydrogens is 520 g/mol. The number of rotatable bonds is 4. The Kier molecular flexibility index (Phi) is 6.72. The summed E-state index contributed by atoms with van der Waals surface area (Å²) >= 11 is 0. The Hall–Kier alpha value is -4.38.